The van der Waals surface area contributed by atoms with Gasteiger partial charge >= 0.3 is 12.0 Å². The molecule has 2 amide bonds. The molecule has 0 aromatic rings. The number of urea groups is 1. The zero-order valence-electron chi connectivity index (χ0n) is 11.6. The molecule has 1 saturated heterocycles. The number of likely N-dealkylation sites (N-methyl/N-ethyl adjacent to an activating group) is 2. The molecule has 18 heavy (non-hydrogen) atoms. The third-order valence-corrected chi connectivity index (χ3v) is 3.78. The van der Waals surface area contributed by atoms with Gasteiger partial charge in [-0.15, -0.1) is 0 Å². The monoisotopic (exact) mass is 258 g/mol. The number of carbonyl (C=O) groups excluding carboxylic acids is 1. The van der Waals surface area contributed by atoms with Gasteiger partial charge < -0.3 is 19.6 Å². The molecule has 0 saturated carbocycles. The molecule has 0 aliphatic carbocycles. The highest BCUT2D eigenvalue weighted by atomic mass is 16.5. The van der Waals surface area contributed by atoms with Crippen molar-refractivity contribution in [2.24, 2.45) is 0 Å². The smallest absolute Gasteiger partial charge is 0.329 e. The van der Waals surface area contributed by atoms with Crippen LogP contribution in [-0.2, 0) is 9.53 Å². The Balaban J connectivity index is 2.78. The second kappa shape index (κ2) is 5.14. The largest absolute Gasteiger partial charge is 0.480 e. The Morgan fingerprint density at radius 2 is 1.89 bits per heavy atom. The van der Waals surface area contributed by atoms with Crippen molar-refractivity contribution in [3.8, 4) is 0 Å². The van der Waals surface area contributed by atoms with Crippen LogP contribution in [0.15, 0.2) is 0 Å². The summed E-state index contributed by atoms with van der Waals surface area (Å²) in [6.45, 7) is 5.57. The summed E-state index contributed by atoms with van der Waals surface area (Å²) in [4.78, 5) is 26.2. The lowest BCUT2D eigenvalue weighted by atomic mass is 10.0. The van der Waals surface area contributed by atoms with Crippen LogP contribution in [0.4, 0.5) is 4.79 Å². The number of carbonyl (C=O) groups is 2. The van der Waals surface area contributed by atoms with Gasteiger partial charge in [-0.1, -0.05) is 0 Å². The summed E-state index contributed by atoms with van der Waals surface area (Å²) in [6, 6.07) is -0.297. The molecule has 2 unspecified atom stereocenters. The number of ether oxygens (including phenoxy) is 1. The fourth-order valence-electron chi connectivity index (χ4n) is 1.99. The quantitative estimate of drug-likeness (QED) is 0.820. The van der Waals surface area contributed by atoms with Crippen LogP contribution in [0.5, 0.6) is 0 Å². The second-order valence-corrected chi connectivity index (χ2v) is 5.25. The molecule has 1 N–H and O–H groups in total. The van der Waals surface area contributed by atoms with Gasteiger partial charge in [-0.3, -0.25) is 0 Å². The molecule has 1 fully saturated rings. The van der Waals surface area contributed by atoms with Crippen molar-refractivity contribution in [2.45, 2.75) is 44.9 Å². The molecule has 6 nitrogen and oxygen atoms in total. The predicted molar refractivity (Wildman–Crippen MR) is 66.5 cm³/mol. The Morgan fingerprint density at radius 3 is 2.28 bits per heavy atom. The van der Waals surface area contributed by atoms with E-state index in [-0.39, 0.29) is 18.2 Å². The molecule has 0 aromatic heterocycles. The van der Waals surface area contributed by atoms with Crippen molar-refractivity contribution >= 4 is 12.0 Å². The third kappa shape index (κ3) is 2.58. The first-order valence-electron chi connectivity index (χ1n) is 6.05. The van der Waals surface area contributed by atoms with Crippen LogP contribution in [0.25, 0.3) is 0 Å². The van der Waals surface area contributed by atoms with E-state index in [1.807, 2.05) is 6.92 Å². The lowest BCUT2D eigenvalue weighted by molar-refractivity contribution is -0.147. The fraction of sp³-hybridized carbons (Fsp3) is 0.833. The molecule has 1 heterocycles. The lowest BCUT2D eigenvalue weighted by Crippen LogP contribution is -2.56. The van der Waals surface area contributed by atoms with Gasteiger partial charge in [0.15, 0.2) is 0 Å². The van der Waals surface area contributed by atoms with Gasteiger partial charge in [0.05, 0.1) is 12.1 Å². The van der Waals surface area contributed by atoms with E-state index >= 15 is 0 Å². The molecule has 0 spiro atoms. The summed E-state index contributed by atoms with van der Waals surface area (Å²) in [5.74, 6) is -1.03. The van der Waals surface area contributed by atoms with Gasteiger partial charge in [0, 0.05) is 20.7 Å². The maximum atomic E-state index is 12.3. The van der Waals surface area contributed by atoms with Crippen molar-refractivity contribution in [2.75, 3.05) is 20.7 Å². The van der Waals surface area contributed by atoms with Crippen LogP contribution in [0, 0.1) is 0 Å². The van der Waals surface area contributed by atoms with Crippen molar-refractivity contribution in [3.63, 3.8) is 0 Å². The summed E-state index contributed by atoms with van der Waals surface area (Å²) in [5.41, 5.74) is -1.23. The zero-order valence-corrected chi connectivity index (χ0v) is 11.6. The summed E-state index contributed by atoms with van der Waals surface area (Å²) >= 11 is 0. The Labute approximate surface area is 107 Å². The maximum Gasteiger partial charge on any atom is 0.329 e. The van der Waals surface area contributed by atoms with Crippen LogP contribution in [0.2, 0.25) is 0 Å². The Kier molecular flexibility index (Phi) is 4.21. The van der Waals surface area contributed by atoms with E-state index < -0.39 is 11.5 Å². The van der Waals surface area contributed by atoms with Crippen LogP contribution in [0.1, 0.15) is 27.2 Å². The molecular weight excluding hydrogens is 236 g/mol. The highest BCUT2D eigenvalue weighted by molar-refractivity contribution is 5.85. The van der Waals surface area contributed by atoms with E-state index in [1.165, 1.54) is 25.8 Å². The lowest BCUT2D eigenvalue weighted by Gasteiger charge is -2.37. The van der Waals surface area contributed by atoms with E-state index in [0.717, 1.165) is 6.42 Å². The van der Waals surface area contributed by atoms with Gasteiger partial charge in [-0.2, -0.15) is 0 Å². The Hall–Kier alpha value is -1.30. The number of carboxylic acids is 1. The van der Waals surface area contributed by atoms with Gasteiger partial charge in [0.1, 0.15) is 5.54 Å². The number of hydrogen-bond acceptors (Lipinski definition) is 3. The molecule has 1 rings (SSSR count). The minimum absolute atomic E-state index is 0.00421. The molecule has 0 aromatic carbocycles. The predicted octanol–water partition coefficient (Wildman–Crippen LogP) is 1.01. The highest BCUT2D eigenvalue weighted by Gasteiger charge is 2.39. The zero-order chi connectivity index (χ0) is 14.1. The topological polar surface area (TPSA) is 70.1 Å². The van der Waals surface area contributed by atoms with Crippen molar-refractivity contribution in [3.05, 3.63) is 0 Å². The molecule has 2 atom stereocenters. The van der Waals surface area contributed by atoms with Crippen LogP contribution in [0.3, 0.4) is 0 Å². The van der Waals surface area contributed by atoms with E-state index in [2.05, 4.69) is 0 Å². The van der Waals surface area contributed by atoms with Crippen LogP contribution in [-0.4, -0.2) is 65.3 Å². The number of carboxylic acid groups (broad SMARTS) is 1. The molecule has 1 aliphatic rings. The first kappa shape index (κ1) is 14.8. The van der Waals surface area contributed by atoms with Gasteiger partial charge in [-0.05, 0) is 27.2 Å². The van der Waals surface area contributed by atoms with Gasteiger partial charge in [-0.25, -0.2) is 9.59 Å². The van der Waals surface area contributed by atoms with E-state index in [1.54, 1.807) is 11.9 Å². The molecular formula is C12H22N2O4. The van der Waals surface area contributed by atoms with Crippen molar-refractivity contribution in [1.82, 2.24) is 9.80 Å². The number of hydrogen-bond donors (Lipinski definition) is 1. The number of amides is 2. The van der Waals surface area contributed by atoms with Crippen molar-refractivity contribution in [1.29, 1.82) is 0 Å². The fourth-order valence-corrected chi connectivity index (χ4v) is 1.99. The molecule has 0 radical (unpaired) electrons. The van der Waals surface area contributed by atoms with Gasteiger partial charge in [0.25, 0.3) is 0 Å². The average Bonchev–Trinajstić information content (AvgIpc) is 2.72. The maximum absolute atomic E-state index is 12.3. The van der Waals surface area contributed by atoms with E-state index in [4.69, 9.17) is 9.84 Å². The minimum Gasteiger partial charge on any atom is -0.480 e. The summed E-state index contributed by atoms with van der Waals surface area (Å²) in [5, 5.41) is 9.12. The highest BCUT2D eigenvalue weighted by Crippen LogP contribution is 2.21. The molecule has 104 valence electrons. The first-order chi connectivity index (χ1) is 8.19. The van der Waals surface area contributed by atoms with Crippen LogP contribution >= 0.6 is 0 Å². The molecule has 0 bridgehead atoms. The standard InChI is InChI=1S/C12H22N2O4/c1-8-9(6-7-18-8)13(4)11(17)14(5)12(2,3)10(15)16/h8-9H,6-7H2,1-5H3,(H,15,16). The summed E-state index contributed by atoms with van der Waals surface area (Å²) < 4.78 is 5.42. The normalized spacial score (nSPS) is 23.8. The number of rotatable bonds is 3. The summed E-state index contributed by atoms with van der Waals surface area (Å²) in [6.07, 6.45) is 0.769. The Morgan fingerprint density at radius 1 is 1.33 bits per heavy atom. The van der Waals surface area contributed by atoms with Crippen molar-refractivity contribution < 1.29 is 19.4 Å². The van der Waals surface area contributed by atoms with Crippen LogP contribution < -0.4 is 0 Å². The average molecular weight is 258 g/mol. The molecule has 6 heteroatoms. The Bertz CT molecular complexity index is 343. The summed E-state index contributed by atoms with van der Waals surface area (Å²) in [7, 11) is 3.19. The SMILES string of the molecule is CC1OCCC1N(C)C(=O)N(C)C(C)(C)C(=O)O. The minimum atomic E-state index is -1.23. The number of aliphatic carboxylic acids is 1. The third-order valence-electron chi connectivity index (χ3n) is 3.78. The van der Waals surface area contributed by atoms with Gasteiger partial charge in [0.2, 0.25) is 0 Å². The first-order valence-corrected chi connectivity index (χ1v) is 6.05. The number of nitrogens with zero attached hydrogens (tertiary/aromatic N) is 2. The van der Waals surface area contributed by atoms with E-state index in [0.29, 0.717) is 6.61 Å². The van der Waals surface area contributed by atoms with E-state index in [9.17, 15) is 9.59 Å². The second-order valence-electron chi connectivity index (χ2n) is 5.25. The molecule has 1 aliphatic heterocycles.